The van der Waals surface area contributed by atoms with Crippen molar-refractivity contribution in [1.82, 2.24) is 9.97 Å². The molecule has 1 aromatic carbocycles. The molecule has 2 aromatic heterocycles. The summed E-state index contributed by atoms with van der Waals surface area (Å²) in [6.45, 7) is 3.61. The van der Waals surface area contributed by atoms with Crippen LogP contribution in [0.15, 0.2) is 36.7 Å². The van der Waals surface area contributed by atoms with Gasteiger partial charge in [0.2, 0.25) is 5.91 Å². The predicted octanol–water partition coefficient (Wildman–Crippen LogP) is 4.66. The van der Waals surface area contributed by atoms with Crippen LogP contribution in [0.2, 0.25) is 0 Å². The highest BCUT2D eigenvalue weighted by Gasteiger charge is 2.61. The zero-order chi connectivity index (χ0) is 22.3. The van der Waals surface area contributed by atoms with E-state index < -0.39 is 24.2 Å². The number of Topliss-reactive ketones (excluding diaryl/α,β-unsaturated/α-hetero) is 1. The molecule has 2 heterocycles. The van der Waals surface area contributed by atoms with Crippen molar-refractivity contribution in [3.8, 4) is 17.2 Å². The summed E-state index contributed by atoms with van der Waals surface area (Å²) in [6.07, 6.45) is 3.00. The fourth-order valence-electron chi connectivity index (χ4n) is 3.46. The summed E-state index contributed by atoms with van der Waals surface area (Å²) < 4.78 is 26.2. The number of carbonyl (C=O) groups is 2. The summed E-state index contributed by atoms with van der Waals surface area (Å²) in [7, 11) is 0. The molecule has 1 aliphatic rings. The summed E-state index contributed by atoms with van der Waals surface area (Å²) in [4.78, 5) is 32.2. The molecule has 4 rings (SSSR count). The van der Waals surface area contributed by atoms with Crippen molar-refractivity contribution in [1.29, 1.82) is 5.26 Å². The largest absolute Gasteiger partial charge is 0.310 e. The number of anilines is 1. The van der Waals surface area contributed by atoms with Crippen molar-refractivity contribution < 1.29 is 18.4 Å². The molecule has 0 unspecified atom stereocenters. The Kier molecular flexibility index (Phi) is 4.97. The SMILES string of the molecule is CCC(=O)c1cc(C)c(-c2cc3cnc(NC(=O)[C@H]4CC4(F)F)cc3cc2C#N)cn1. The van der Waals surface area contributed by atoms with Gasteiger partial charge in [-0.05, 0) is 42.1 Å². The second kappa shape index (κ2) is 7.51. The van der Waals surface area contributed by atoms with E-state index in [1.54, 1.807) is 37.4 Å². The highest BCUT2D eigenvalue weighted by molar-refractivity contribution is 5.98. The second-order valence-electron chi connectivity index (χ2n) is 7.59. The van der Waals surface area contributed by atoms with Crippen molar-refractivity contribution >= 4 is 28.3 Å². The van der Waals surface area contributed by atoms with Crippen LogP contribution in [0, 0.1) is 24.2 Å². The number of nitriles is 1. The minimum Gasteiger partial charge on any atom is -0.310 e. The molecule has 1 fully saturated rings. The molecule has 8 heteroatoms. The topological polar surface area (TPSA) is 95.7 Å². The van der Waals surface area contributed by atoms with Crippen LogP contribution in [-0.4, -0.2) is 27.6 Å². The first-order valence-corrected chi connectivity index (χ1v) is 9.76. The smallest absolute Gasteiger partial charge is 0.260 e. The van der Waals surface area contributed by atoms with E-state index in [9.17, 15) is 23.6 Å². The quantitative estimate of drug-likeness (QED) is 0.606. The maximum atomic E-state index is 13.1. The lowest BCUT2D eigenvalue weighted by atomic mass is 9.94. The van der Waals surface area contributed by atoms with E-state index in [0.29, 0.717) is 34.0 Å². The molecule has 6 nitrogen and oxygen atoms in total. The van der Waals surface area contributed by atoms with Crippen LogP contribution in [0.25, 0.3) is 21.9 Å². The van der Waals surface area contributed by atoms with Crippen molar-refractivity contribution in [2.45, 2.75) is 32.6 Å². The summed E-state index contributed by atoms with van der Waals surface area (Å²) in [5.41, 5.74) is 2.94. The molecular weight excluding hydrogens is 402 g/mol. The summed E-state index contributed by atoms with van der Waals surface area (Å²) in [5.74, 6) is -4.95. The number of fused-ring (bicyclic) bond motifs is 1. The molecule has 0 saturated heterocycles. The molecule has 1 atom stereocenters. The Morgan fingerprint density at radius 1 is 1.16 bits per heavy atom. The third-order valence-electron chi connectivity index (χ3n) is 5.38. The van der Waals surface area contributed by atoms with Crippen LogP contribution in [0.5, 0.6) is 0 Å². The normalized spacial score (nSPS) is 16.5. The zero-order valence-electron chi connectivity index (χ0n) is 16.9. The third-order valence-corrected chi connectivity index (χ3v) is 5.38. The van der Waals surface area contributed by atoms with E-state index in [4.69, 9.17) is 0 Å². The molecule has 3 aromatic rings. The van der Waals surface area contributed by atoms with Gasteiger partial charge in [-0.3, -0.25) is 14.6 Å². The third kappa shape index (κ3) is 3.87. The molecule has 0 bridgehead atoms. The highest BCUT2D eigenvalue weighted by Crippen LogP contribution is 2.49. The van der Waals surface area contributed by atoms with Gasteiger partial charge in [0, 0.05) is 41.7 Å². The number of amides is 1. The van der Waals surface area contributed by atoms with Gasteiger partial charge < -0.3 is 5.32 Å². The minimum absolute atomic E-state index is 0.0589. The first-order valence-electron chi connectivity index (χ1n) is 9.76. The molecule has 31 heavy (non-hydrogen) atoms. The number of halogens is 2. The van der Waals surface area contributed by atoms with E-state index in [0.717, 1.165) is 11.1 Å². The fourth-order valence-corrected chi connectivity index (χ4v) is 3.46. The molecule has 0 spiro atoms. The summed E-state index contributed by atoms with van der Waals surface area (Å²) in [6, 6.07) is 8.85. The first kappa shape index (κ1) is 20.5. The van der Waals surface area contributed by atoms with Crippen molar-refractivity contribution in [3.05, 3.63) is 53.5 Å². The summed E-state index contributed by atoms with van der Waals surface area (Å²) >= 11 is 0. The molecule has 1 aliphatic carbocycles. The Labute approximate surface area is 176 Å². The zero-order valence-corrected chi connectivity index (χ0v) is 16.9. The number of aryl methyl sites for hydroxylation is 1. The molecule has 1 saturated carbocycles. The van der Waals surface area contributed by atoms with Gasteiger partial charge in [0.15, 0.2) is 5.78 Å². The number of pyridine rings is 2. The van der Waals surface area contributed by atoms with Crippen molar-refractivity contribution in [3.63, 3.8) is 0 Å². The van der Waals surface area contributed by atoms with Crippen LogP contribution >= 0.6 is 0 Å². The lowest BCUT2D eigenvalue weighted by Crippen LogP contribution is -2.18. The Hall–Kier alpha value is -3.73. The first-order chi connectivity index (χ1) is 14.7. The van der Waals surface area contributed by atoms with Crippen molar-refractivity contribution in [2.75, 3.05) is 5.32 Å². The van der Waals surface area contributed by atoms with Gasteiger partial charge in [0.25, 0.3) is 5.92 Å². The van der Waals surface area contributed by atoms with E-state index in [1.165, 1.54) is 6.20 Å². The number of hydrogen-bond acceptors (Lipinski definition) is 5. The van der Waals surface area contributed by atoms with Gasteiger partial charge in [-0.1, -0.05) is 6.92 Å². The van der Waals surface area contributed by atoms with Gasteiger partial charge in [-0.15, -0.1) is 0 Å². The number of nitrogens with one attached hydrogen (secondary N) is 1. The molecular formula is C23H18F2N4O2. The second-order valence-corrected chi connectivity index (χ2v) is 7.59. The number of rotatable bonds is 5. The molecule has 0 radical (unpaired) electrons. The molecule has 0 aliphatic heterocycles. The van der Waals surface area contributed by atoms with E-state index in [-0.39, 0.29) is 11.6 Å². The van der Waals surface area contributed by atoms with Gasteiger partial charge in [-0.25, -0.2) is 13.8 Å². The van der Waals surface area contributed by atoms with Gasteiger partial charge in [0.05, 0.1) is 11.6 Å². The molecule has 1 amide bonds. The van der Waals surface area contributed by atoms with E-state index >= 15 is 0 Å². The van der Waals surface area contributed by atoms with E-state index in [1.807, 2.05) is 6.92 Å². The Morgan fingerprint density at radius 2 is 1.90 bits per heavy atom. The summed E-state index contributed by atoms with van der Waals surface area (Å²) in [5, 5.41) is 13.4. The Morgan fingerprint density at radius 3 is 2.52 bits per heavy atom. The lowest BCUT2D eigenvalue weighted by Gasteiger charge is -2.11. The van der Waals surface area contributed by atoms with Crippen molar-refractivity contribution in [2.24, 2.45) is 5.92 Å². The van der Waals surface area contributed by atoms with Crippen LogP contribution < -0.4 is 5.32 Å². The van der Waals surface area contributed by atoms with Gasteiger partial charge >= 0.3 is 0 Å². The minimum atomic E-state index is -2.95. The van der Waals surface area contributed by atoms with Crippen LogP contribution in [-0.2, 0) is 4.79 Å². The number of alkyl halides is 2. The number of carbonyl (C=O) groups excluding carboxylic acids is 2. The molecule has 156 valence electrons. The lowest BCUT2D eigenvalue weighted by molar-refractivity contribution is -0.119. The average molecular weight is 420 g/mol. The maximum Gasteiger partial charge on any atom is 0.260 e. The Balaban J connectivity index is 1.69. The Bertz CT molecular complexity index is 1280. The predicted molar refractivity (Wildman–Crippen MR) is 111 cm³/mol. The van der Waals surface area contributed by atoms with Gasteiger partial charge in [-0.2, -0.15) is 5.26 Å². The van der Waals surface area contributed by atoms with Gasteiger partial charge in [0.1, 0.15) is 17.4 Å². The highest BCUT2D eigenvalue weighted by atomic mass is 19.3. The number of nitrogens with zero attached hydrogens (tertiary/aromatic N) is 3. The maximum absolute atomic E-state index is 13.1. The fraction of sp³-hybridized carbons (Fsp3) is 0.261. The number of aromatic nitrogens is 2. The monoisotopic (exact) mass is 420 g/mol. The molecule has 1 N–H and O–H groups in total. The number of hydrogen-bond donors (Lipinski definition) is 1. The van der Waals surface area contributed by atoms with Crippen LogP contribution in [0.4, 0.5) is 14.6 Å². The van der Waals surface area contributed by atoms with Crippen LogP contribution in [0.3, 0.4) is 0 Å². The van der Waals surface area contributed by atoms with E-state index in [2.05, 4.69) is 21.4 Å². The number of ketones is 1. The standard InChI is InChI=1S/C23H18F2N4O2/c1-3-20(30)19-4-12(2)17(11-27-19)16-6-15-10-28-21(7-13(15)5-14(16)9-26)29-22(31)18-8-23(18,24)25/h4-7,10-11,18H,3,8H2,1-2H3,(H,28,29,31)/t18-/m1/s1. The average Bonchev–Trinajstić information content (AvgIpc) is 3.40. The number of benzene rings is 1. The van der Waals surface area contributed by atoms with Crippen LogP contribution in [0.1, 0.15) is 41.4 Å².